The van der Waals surface area contributed by atoms with Crippen molar-refractivity contribution in [2.75, 3.05) is 6.54 Å². The molecular formula is C8H8ClFN2O. The first-order valence-electron chi connectivity index (χ1n) is 3.69. The predicted molar refractivity (Wildman–Crippen MR) is 47.2 cm³/mol. The summed E-state index contributed by atoms with van der Waals surface area (Å²) in [5.74, 6) is -1.18. The van der Waals surface area contributed by atoms with Crippen LogP contribution in [0.5, 0.6) is 0 Å². The lowest BCUT2D eigenvalue weighted by Crippen LogP contribution is -2.10. The smallest absolute Gasteiger partial charge is 0.223 e. The van der Waals surface area contributed by atoms with E-state index in [0.29, 0.717) is 0 Å². The summed E-state index contributed by atoms with van der Waals surface area (Å²) in [4.78, 5) is 14.5. The predicted octanol–water partition coefficient (Wildman–Crippen LogP) is 1.41. The molecule has 0 atom stereocenters. The number of Topliss-reactive ketones (excluding diaryl/α,β-unsaturated/α-hetero) is 1. The summed E-state index contributed by atoms with van der Waals surface area (Å²) in [5.41, 5.74) is 5.06. The lowest BCUT2D eigenvalue weighted by molar-refractivity contribution is 0.0980. The van der Waals surface area contributed by atoms with Crippen LogP contribution in [0, 0.1) is 5.95 Å². The van der Waals surface area contributed by atoms with Crippen molar-refractivity contribution in [1.29, 1.82) is 0 Å². The Kier molecular flexibility index (Phi) is 3.33. The van der Waals surface area contributed by atoms with E-state index in [2.05, 4.69) is 4.98 Å². The van der Waals surface area contributed by atoms with Gasteiger partial charge < -0.3 is 5.73 Å². The quantitative estimate of drug-likeness (QED) is 0.596. The van der Waals surface area contributed by atoms with Crippen molar-refractivity contribution < 1.29 is 9.18 Å². The van der Waals surface area contributed by atoms with Gasteiger partial charge in [0.2, 0.25) is 5.95 Å². The van der Waals surface area contributed by atoms with Crippen molar-refractivity contribution in [2.45, 2.75) is 6.42 Å². The van der Waals surface area contributed by atoms with Gasteiger partial charge in [0, 0.05) is 12.6 Å². The Hall–Kier alpha value is -1.00. The maximum absolute atomic E-state index is 12.9. The Balaban J connectivity index is 2.99. The summed E-state index contributed by atoms with van der Waals surface area (Å²) in [6.07, 6.45) is 1.25. The summed E-state index contributed by atoms with van der Waals surface area (Å²) in [6.45, 7) is 0.185. The van der Waals surface area contributed by atoms with Crippen LogP contribution < -0.4 is 5.73 Å². The number of aromatic nitrogens is 1. The van der Waals surface area contributed by atoms with Crippen LogP contribution in [-0.4, -0.2) is 17.3 Å². The van der Waals surface area contributed by atoms with Crippen LogP contribution in [-0.2, 0) is 0 Å². The van der Waals surface area contributed by atoms with Gasteiger partial charge in [-0.25, -0.2) is 4.98 Å². The summed E-state index contributed by atoms with van der Waals surface area (Å²) in [6, 6.07) is 1.25. The molecule has 0 amide bonds. The largest absolute Gasteiger partial charge is 0.330 e. The molecule has 0 saturated heterocycles. The Morgan fingerprint density at radius 1 is 1.69 bits per heavy atom. The second kappa shape index (κ2) is 4.30. The molecule has 1 heterocycles. The van der Waals surface area contributed by atoms with Gasteiger partial charge in [0.05, 0.1) is 10.6 Å². The summed E-state index contributed by atoms with van der Waals surface area (Å²) in [5, 5.41) is 0.238. The molecule has 5 heteroatoms. The first-order valence-corrected chi connectivity index (χ1v) is 4.07. The highest BCUT2D eigenvalue weighted by Crippen LogP contribution is 2.13. The molecule has 0 aliphatic heterocycles. The average molecular weight is 203 g/mol. The SMILES string of the molecule is NCCC(=O)c1cc(Cl)cnc1F. The molecular weight excluding hydrogens is 195 g/mol. The van der Waals surface area contributed by atoms with Gasteiger partial charge in [0.15, 0.2) is 5.78 Å². The summed E-state index contributed by atoms with van der Waals surface area (Å²) >= 11 is 5.55. The van der Waals surface area contributed by atoms with Crippen LogP contribution in [0.15, 0.2) is 12.3 Å². The highest BCUT2D eigenvalue weighted by atomic mass is 35.5. The molecule has 0 aliphatic rings. The molecule has 2 N–H and O–H groups in total. The number of rotatable bonds is 3. The minimum Gasteiger partial charge on any atom is -0.330 e. The number of hydrogen-bond donors (Lipinski definition) is 1. The van der Waals surface area contributed by atoms with E-state index in [4.69, 9.17) is 17.3 Å². The lowest BCUT2D eigenvalue weighted by atomic mass is 10.1. The minimum atomic E-state index is -0.803. The van der Waals surface area contributed by atoms with Crippen molar-refractivity contribution in [2.24, 2.45) is 5.73 Å². The first kappa shape index (κ1) is 10.1. The molecule has 0 saturated carbocycles. The van der Waals surface area contributed by atoms with E-state index in [0.717, 1.165) is 6.20 Å². The van der Waals surface area contributed by atoms with E-state index in [1.54, 1.807) is 0 Å². The topological polar surface area (TPSA) is 56.0 Å². The Labute approximate surface area is 79.7 Å². The van der Waals surface area contributed by atoms with Crippen LogP contribution in [0.2, 0.25) is 5.02 Å². The third-order valence-corrected chi connectivity index (χ3v) is 1.68. The fourth-order valence-corrected chi connectivity index (χ4v) is 1.04. The third-order valence-electron chi connectivity index (χ3n) is 1.48. The van der Waals surface area contributed by atoms with Crippen molar-refractivity contribution in [3.8, 4) is 0 Å². The molecule has 1 aromatic rings. The van der Waals surface area contributed by atoms with Crippen LogP contribution in [0.4, 0.5) is 4.39 Å². The average Bonchev–Trinajstić information content (AvgIpc) is 2.09. The number of pyridine rings is 1. The number of nitrogens with two attached hydrogens (primary N) is 1. The molecule has 0 spiro atoms. The summed E-state index contributed by atoms with van der Waals surface area (Å²) < 4.78 is 12.9. The lowest BCUT2D eigenvalue weighted by Gasteiger charge is -2.00. The van der Waals surface area contributed by atoms with Crippen molar-refractivity contribution in [3.63, 3.8) is 0 Å². The van der Waals surface area contributed by atoms with Gasteiger partial charge >= 0.3 is 0 Å². The monoisotopic (exact) mass is 202 g/mol. The number of carbonyl (C=O) groups excluding carboxylic acids is 1. The molecule has 0 aromatic carbocycles. The van der Waals surface area contributed by atoms with Crippen molar-refractivity contribution >= 4 is 17.4 Å². The van der Waals surface area contributed by atoms with Crippen molar-refractivity contribution in [1.82, 2.24) is 4.98 Å². The van der Waals surface area contributed by atoms with Gasteiger partial charge in [-0.15, -0.1) is 0 Å². The minimum absolute atomic E-state index is 0.0962. The van der Waals surface area contributed by atoms with Crippen LogP contribution in [0.1, 0.15) is 16.8 Å². The van der Waals surface area contributed by atoms with E-state index in [9.17, 15) is 9.18 Å². The fraction of sp³-hybridized carbons (Fsp3) is 0.250. The van der Waals surface area contributed by atoms with Gasteiger partial charge in [-0.1, -0.05) is 11.6 Å². The number of nitrogens with zero attached hydrogens (tertiary/aromatic N) is 1. The van der Waals surface area contributed by atoms with Gasteiger partial charge in [0.25, 0.3) is 0 Å². The molecule has 70 valence electrons. The molecule has 1 aromatic heterocycles. The number of ketones is 1. The summed E-state index contributed by atoms with van der Waals surface area (Å²) in [7, 11) is 0. The fourth-order valence-electron chi connectivity index (χ4n) is 0.884. The second-order valence-corrected chi connectivity index (χ2v) is 2.89. The molecule has 1 rings (SSSR count). The highest BCUT2D eigenvalue weighted by Gasteiger charge is 2.12. The van der Waals surface area contributed by atoms with E-state index in [1.165, 1.54) is 6.07 Å². The van der Waals surface area contributed by atoms with Crippen molar-refractivity contribution in [3.05, 3.63) is 28.8 Å². The van der Waals surface area contributed by atoms with Gasteiger partial charge in [-0.05, 0) is 12.6 Å². The number of hydrogen-bond acceptors (Lipinski definition) is 3. The van der Waals surface area contributed by atoms with E-state index >= 15 is 0 Å². The molecule has 0 unspecified atom stereocenters. The molecule has 13 heavy (non-hydrogen) atoms. The maximum Gasteiger partial charge on any atom is 0.223 e. The normalized spacial score (nSPS) is 10.1. The van der Waals surface area contributed by atoms with E-state index in [-0.39, 0.29) is 29.3 Å². The molecule has 0 radical (unpaired) electrons. The number of carbonyl (C=O) groups is 1. The first-order chi connectivity index (χ1) is 6.15. The third kappa shape index (κ3) is 2.47. The zero-order valence-corrected chi connectivity index (χ0v) is 7.51. The maximum atomic E-state index is 12.9. The van der Waals surface area contributed by atoms with Gasteiger partial charge in [-0.3, -0.25) is 4.79 Å². The zero-order chi connectivity index (χ0) is 9.84. The molecule has 0 aliphatic carbocycles. The van der Waals surface area contributed by atoms with Crippen LogP contribution >= 0.6 is 11.6 Å². The van der Waals surface area contributed by atoms with Crippen LogP contribution in [0.25, 0.3) is 0 Å². The highest BCUT2D eigenvalue weighted by molar-refractivity contribution is 6.30. The molecule has 3 nitrogen and oxygen atoms in total. The second-order valence-electron chi connectivity index (χ2n) is 2.45. The molecule has 0 fully saturated rings. The molecule has 0 bridgehead atoms. The Morgan fingerprint density at radius 3 is 3.00 bits per heavy atom. The van der Waals surface area contributed by atoms with Crippen LogP contribution in [0.3, 0.4) is 0 Å². The van der Waals surface area contributed by atoms with E-state index in [1.807, 2.05) is 0 Å². The van der Waals surface area contributed by atoms with Gasteiger partial charge in [0.1, 0.15) is 0 Å². The zero-order valence-electron chi connectivity index (χ0n) is 6.76. The van der Waals surface area contributed by atoms with E-state index < -0.39 is 5.95 Å². The van der Waals surface area contributed by atoms with Gasteiger partial charge in [-0.2, -0.15) is 4.39 Å². The Bertz CT molecular complexity index is 330. The standard InChI is InChI=1S/C8H8ClFN2O/c9-5-3-6(7(13)1-2-11)8(10)12-4-5/h3-4H,1-2,11H2. The number of halogens is 2. The Morgan fingerprint density at radius 2 is 2.38 bits per heavy atom.